The Bertz CT molecular complexity index is 1590. The molecule has 0 aliphatic rings. The van der Waals surface area contributed by atoms with Gasteiger partial charge in [0.2, 0.25) is 0 Å². The molecular formula is C60H96NO8+. The van der Waals surface area contributed by atoms with Crippen LogP contribution in [0.2, 0.25) is 0 Å². The average Bonchev–Trinajstić information content (AvgIpc) is 3.31. The van der Waals surface area contributed by atoms with Gasteiger partial charge in [-0.05, 0) is 109 Å². The lowest BCUT2D eigenvalue weighted by Gasteiger charge is -2.25. The molecule has 0 radical (unpaired) electrons. The lowest BCUT2D eigenvalue weighted by atomic mass is 10.1. The van der Waals surface area contributed by atoms with Crippen LogP contribution < -0.4 is 0 Å². The highest BCUT2D eigenvalue weighted by Gasteiger charge is 2.25. The maximum atomic E-state index is 12.8. The van der Waals surface area contributed by atoms with Gasteiger partial charge in [0, 0.05) is 12.8 Å². The highest BCUT2D eigenvalue weighted by Crippen LogP contribution is 2.12. The van der Waals surface area contributed by atoms with E-state index in [0.717, 1.165) is 128 Å². The maximum absolute atomic E-state index is 12.8. The molecule has 0 fully saturated rings. The fraction of sp³-hybridized carbons (Fsp3) is 0.583. The van der Waals surface area contributed by atoms with Crippen molar-refractivity contribution in [2.75, 3.05) is 47.5 Å². The molecule has 0 spiro atoms. The number of likely N-dealkylation sites (N-methyl/N-ethyl adjacent to an activating group) is 1. The number of hydrogen-bond acceptors (Lipinski definition) is 7. The fourth-order valence-corrected chi connectivity index (χ4v) is 6.39. The number of carbonyl (C=O) groups excluding carboxylic acids is 2. The van der Waals surface area contributed by atoms with E-state index < -0.39 is 24.3 Å². The second-order valence-electron chi connectivity index (χ2n) is 18.1. The molecule has 9 heteroatoms. The molecule has 1 N–H and O–H groups in total. The number of aliphatic carboxylic acids is 1. The lowest BCUT2D eigenvalue weighted by molar-refractivity contribution is -0.870. The Morgan fingerprint density at radius 3 is 1.16 bits per heavy atom. The van der Waals surface area contributed by atoms with Crippen molar-refractivity contribution in [3.05, 3.63) is 134 Å². The maximum Gasteiger partial charge on any atom is 0.361 e. The molecule has 0 saturated heterocycles. The van der Waals surface area contributed by atoms with E-state index >= 15 is 0 Å². The van der Waals surface area contributed by atoms with Crippen LogP contribution in [0.25, 0.3) is 0 Å². The minimum Gasteiger partial charge on any atom is -0.477 e. The first-order chi connectivity index (χ1) is 33.6. The normalized spacial score (nSPS) is 13.9. The SMILES string of the molecule is CC/C=C\C/C=C\C/C=C\C/C=C\C/C=C\C/C=C\CCCCCCC(=O)OC(COC(=O)CCCCCCC/C=C\C/C=C\C/C=C\C/C=C\C/C=C\CC)COC(OCC[N+](C)(C)C)C(=O)O. The third kappa shape index (κ3) is 51.1. The molecule has 0 saturated carbocycles. The second kappa shape index (κ2) is 49.8. The van der Waals surface area contributed by atoms with Gasteiger partial charge in [-0.1, -0.05) is 180 Å². The minimum absolute atomic E-state index is 0.170. The number of unbranched alkanes of at least 4 members (excludes halogenated alkanes) is 9. The van der Waals surface area contributed by atoms with Crippen molar-refractivity contribution >= 4 is 17.9 Å². The summed E-state index contributed by atoms with van der Waals surface area (Å²) >= 11 is 0. The monoisotopic (exact) mass is 959 g/mol. The fourth-order valence-electron chi connectivity index (χ4n) is 6.39. The van der Waals surface area contributed by atoms with E-state index in [0.29, 0.717) is 23.9 Å². The van der Waals surface area contributed by atoms with Crippen molar-refractivity contribution in [1.29, 1.82) is 0 Å². The number of carbonyl (C=O) groups is 3. The Kier molecular flexibility index (Phi) is 46.5. The van der Waals surface area contributed by atoms with Crippen LogP contribution in [-0.2, 0) is 33.3 Å². The summed E-state index contributed by atoms with van der Waals surface area (Å²) in [4.78, 5) is 37.3. The lowest BCUT2D eigenvalue weighted by Crippen LogP contribution is -2.40. The van der Waals surface area contributed by atoms with Crippen molar-refractivity contribution in [3.8, 4) is 0 Å². The molecule has 0 amide bonds. The smallest absolute Gasteiger partial charge is 0.361 e. The van der Waals surface area contributed by atoms with Gasteiger partial charge in [0.15, 0.2) is 6.10 Å². The van der Waals surface area contributed by atoms with Crippen LogP contribution >= 0.6 is 0 Å². The number of esters is 2. The Balaban J connectivity index is 4.47. The molecule has 0 aromatic rings. The van der Waals surface area contributed by atoms with E-state index in [2.05, 4.69) is 148 Å². The first-order valence-corrected chi connectivity index (χ1v) is 26.3. The first kappa shape index (κ1) is 64.4. The summed E-state index contributed by atoms with van der Waals surface area (Å²) in [5, 5.41) is 9.68. The number of hydrogen-bond donors (Lipinski definition) is 1. The van der Waals surface area contributed by atoms with Crippen LogP contribution in [-0.4, -0.2) is 87.4 Å². The Labute approximate surface area is 420 Å². The second-order valence-corrected chi connectivity index (χ2v) is 18.1. The number of carboxylic acids is 1. The molecule has 2 atom stereocenters. The molecule has 9 nitrogen and oxygen atoms in total. The summed E-state index contributed by atoms with van der Waals surface area (Å²) in [6.45, 7) is 4.56. The van der Waals surface area contributed by atoms with E-state index in [4.69, 9.17) is 18.9 Å². The summed E-state index contributed by atoms with van der Waals surface area (Å²) in [6, 6.07) is 0. The van der Waals surface area contributed by atoms with Crippen molar-refractivity contribution < 1.29 is 42.9 Å². The van der Waals surface area contributed by atoms with Crippen LogP contribution in [0.15, 0.2) is 134 Å². The number of rotatable bonds is 46. The van der Waals surface area contributed by atoms with Gasteiger partial charge >= 0.3 is 17.9 Å². The van der Waals surface area contributed by atoms with Crippen molar-refractivity contribution in [2.45, 2.75) is 180 Å². The third-order valence-electron chi connectivity index (χ3n) is 10.4. The van der Waals surface area contributed by atoms with Gasteiger partial charge in [0.25, 0.3) is 6.29 Å². The number of carboxylic acid groups (broad SMARTS) is 1. The molecule has 69 heavy (non-hydrogen) atoms. The number of nitrogens with zero attached hydrogens (tertiary/aromatic N) is 1. The van der Waals surface area contributed by atoms with E-state index in [1.165, 1.54) is 0 Å². The van der Waals surface area contributed by atoms with Gasteiger partial charge in [-0.3, -0.25) is 9.59 Å². The van der Waals surface area contributed by atoms with Gasteiger partial charge < -0.3 is 28.5 Å². The van der Waals surface area contributed by atoms with Crippen LogP contribution in [0.4, 0.5) is 0 Å². The largest absolute Gasteiger partial charge is 0.477 e. The summed E-state index contributed by atoms with van der Waals surface area (Å²) < 4.78 is 22.8. The summed E-state index contributed by atoms with van der Waals surface area (Å²) in [6.07, 6.45) is 68.0. The molecule has 0 heterocycles. The molecule has 388 valence electrons. The molecule has 0 bridgehead atoms. The highest BCUT2D eigenvalue weighted by molar-refractivity contribution is 5.71. The molecule has 2 unspecified atom stereocenters. The van der Waals surface area contributed by atoms with Gasteiger partial charge in [0.05, 0.1) is 34.4 Å². The zero-order chi connectivity index (χ0) is 50.6. The predicted molar refractivity (Wildman–Crippen MR) is 290 cm³/mol. The number of ether oxygens (including phenoxy) is 4. The van der Waals surface area contributed by atoms with Crippen molar-refractivity contribution in [3.63, 3.8) is 0 Å². The van der Waals surface area contributed by atoms with Gasteiger partial charge in [-0.25, -0.2) is 4.79 Å². The quantitative estimate of drug-likeness (QED) is 0.0211. The number of quaternary nitrogens is 1. The van der Waals surface area contributed by atoms with Gasteiger partial charge in [0.1, 0.15) is 13.2 Å². The minimum atomic E-state index is -1.53. The molecular weight excluding hydrogens is 863 g/mol. The topological polar surface area (TPSA) is 108 Å². The van der Waals surface area contributed by atoms with Gasteiger partial charge in [-0.15, -0.1) is 0 Å². The Morgan fingerprint density at radius 1 is 0.435 bits per heavy atom. The van der Waals surface area contributed by atoms with E-state index in [9.17, 15) is 19.5 Å². The van der Waals surface area contributed by atoms with E-state index in [1.807, 2.05) is 21.1 Å². The highest BCUT2D eigenvalue weighted by atomic mass is 16.7. The number of allylic oxidation sites excluding steroid dienone is 22. The van der Waals surface area contributed by atoms with E-state index in [1.54, 1.807) is 0 Å². The van der Waals surface area contributed by atoms with Crippen LogP contribution in [0, 0.1) is 0 Å². The van der Waals surface area contributed by atoms with Crippen molar-refractivity contribution in [1.82, 2.24) is 0 Å². The Hall–Kier alpha value is -4.57. The molecule has 0 aromatic carbocycles. The zero-order valence-corrected chi connectivity index (χ0v) is 43.9. The molecule has 0 aromatic heterocycles. The summed E-state index contributed by atoms with van der Waals surface area (Å²) in [5.74, 6) is -2.09. The summed E-state index contributed by atoms with van der Waals surface area (Å²) in [5.41, 5.74) is 0. The first-order valence-electron chi connectivity index (χ1n) is 26.3. The Morgan fingerprint density at radius 2 is 0.783 bits per heavy atom. The van der Waals surface area contributed by atoms with Crippen LogP contribution in [0.3, 0.4) is 0 Å². The van der Waals surface area contributed by atoms with Crippen molar-refractivity contribution in [2.24, 2.45) is 0 Å². The van der Waals surface area contributed by atoms with E-state index in [-0.39, 0.29) is 38.6 Å². The van der Waals surface area contributed by atoms with Gasteiger partial charge in [-0.2, -0.15) is 0 Å². The molecule has 0 aliphatic heterocycles. The molecule has 0 rings (SSSR count). The average molecular weight is 959 g/mol. The third-order valence-corrected chi connectivity index (χ3v) is 10.4. The zero-order valence-electron chi connectivity index (χ0n) is 43.9. The van der Waals surface area contributed by atoms with Crippen LogP contribution in [0.5, 0.6) is 0 Å². The predicted octanol–water partition coefficient (Wildman–Crippen LogP) is 15.1. The van der Waals surface area contributed by atoms with Crippen LogP contribution in [0.1, 0.15) is 168 Å². The molecule has 0 aliphatic carbocycles. The standard InChI is InChI=1S/C60H95NO8/c1-6-8-10-12-14-16-18-20-22-24-26-28-29-31-33-35-37-39-41-43-45-47-49-51-58(63)69-56(55-68-60(59(64)65)66-53-52-61(3,4)5)54-67-57(62)50-48-46-44-42-40-38-36-34-32-30-27-25-23-21-19-17-15-13-11-9-7-2/h8-11,14-17,20-23,26-28,30-31,33-34,36-37,39,56,60H,6-7,12-13,18-19,24-25,29,32,35,38,40-55H2,1-5H3/p+1/b10-8-,11-9-,16-14-,17-15-,22-20-,23-21-,28-26-,30-27-,33-31-,36-34-,39-37-. The summed E-state index contributed by atoms with van der Waals surface area (Å²) in [7, 11) is 5.93.